The number of para-hydroxylation sites is 1. The van der Waals surface area contributed by atoms with Gasteiger partial charge in [0.25, 0.3) is 5.91 Å². The summed E-state index contributed by atoms with van der Waals surface area (Å²) in [6, 6.07) is 9.75. The molecule has 1 heterocycles. The van der Waals surface area contributed by atoms with Gasteiger partial charge in [-0.25, -0.2) is 9.97 Å². The van der Waals surface area contributed by atoms with E-state index >= 15 is 0 Å². The van der Waals surface area contributed by atoms with Crippen LogP contribution in [-0.2, 0) is 6.54 Å². The highest BCUT2D eigenvalue weighted by Crippen LogP contribution is 2.20. The van der Waals surface area contributed by atoms with E-state index < -0.39 is 0 Å². The van der Waals surface area contributed by atoms with Gasteiger partial charge in [-0.1, -0.05) is 43.9 Å². The fraction of sp³-hybridized carbons (Fsp3) is 0.476. The van der Waals surface area contributed by atoms with Crippen LogP contribution in [0, 0.1) is 6.92 Å². The van der Waals surface area contributed by atoms with Crippen LogP contribution in [0.15, 0.2) is 30.3 Å². The summed E-state index contributed by atoms with van der Waals surface area (Å²) < 4.78 is 5.33. The predicted molar refractivity (Wildman–Crippen MR) is 106 cm³/mol. The standard InChI is InChI=1S/C21H28N4O2/c1-15-13-18(20(26)22-14-16-9-7-8-12-19(16)27-2)25-21(23-15)24-17-10-5-3-4-6-11-17/h7-9,12-13,17H,3-6,10-11,14H2,1-2H3,(H,22,26)(H,23,24,25). The Balaban J connectivity index is 1.66. The van der Waals surface area contributed by atoms with Crippen molar-refractivity contribution in [3.63, 3.8) is 0 Å². The third kappa shape index (κ3) is 5.42. The van der Waals surface area contributed by atoms with Gasteiger partial charge in [0.05, 0.1) is 7.11 Å². The number of aromatic nitrogens is 2. The van der Waals surface area contributed by atoms with Gasteiger partial charge in [0.1, 0.15) is 11.4 Å². The summed E-state index contributed by atoms with van der Waals surface area (Å²) in [6.07, 6.45) is 7.32. The molecule has 1 amide bonds. The van der Waals surface area contributed by atoms with Crippen molar-refractivity contribution in [2.75, 3.05) is 12.4 Å². The van der Waals surface area contributed by atoms with Crippen molar-refractivity contribution >= 4 is 11.9 Å². The van der Waals surface area contributed by atoms with Gasteiger partial charge >= 0.3 is 0 Å². The molecule has 0 saturated heterocycles. The molecular formula is C21H28N4O2. The van der Waals surface area contributed by atoms with Crippen molar-refractivity contribution < 1.29 is 9.53 Å². The average Bonchev–Trinajstić information content (AvgIpc) is 2.94. The number of hydrogen-bond acceptors (Lipinski definition) is 5. The highest BCUT2D eigenvalue weighted by molar-refractivity contribution is 5.92. The van der Waals surface area contributed by atoms with E-state index in [2.05, 4.69) is 20.6 Å². The van der Waals surface area contributed by atoms with Gasteiger partial charge < -0.3 is 15.4 Å². The second kappa shape index (κ2) is 9.35. The Morgan fingerprint density at radius 2 is 1.89 bits per heavy atom. The van der Waals surface area contributed by atoms with Crippen LogP contribution < -0.4 is 15.4 Å². The van der Waals surface area contributed by atoms with E-state index in [-0.39, 0.29) is 5.91 Å². The maximum absolute atomic E-state index is 12.6. The number of rotatable bonds is 6. The number of ether oxygens (including phenoxy) is 1. The smallest absolute Gasteiger partial charge is 0.270 e. The minimum absolute atomic E-state index is 0.213. The Labute approximate surface area is 160 Å². The molecule has 1 saturated carbocycles. The molecule has 0 aliphatic heterocycles. The number of methoxy groups -OCH3 is 1. The molecule has 0 unspecified atom stereocenters. The first-order valence-corrected chi connectivity index (χ1v) is 9.68. The van der Waals surface area contributed by atoms with Crippen LogP contribution in [-0.4, -0.2) is 29.0 Å². The first-order valence-electron chi connectivity index (χ1n) is 9.68. The highest BCUT2D eigenvalue weighted by Gasteiger charge is 2.16. The van der Waals surface area contributed by atoms with E-state index in [1.807, 2.05) is 31.2 Å². The van der Waals surface area contributed by atoms with Crippen LogP contribution in [0.4, 0.5) is 5.95 Å². The van der Waals surface area contributed by atoms with E-state index in [1.54, 1.807) is 13.2 Å². The van der Waals surface area contributed by atoms with Crippen LogP contribution in [0.3, 0.4) is 0 Å². The van der Waals surface area contributed by atoms with Crippen molar-refractivity contribution in [2.45, 2.75) is 58.0 Å². The minimum atomic E-state index is -0.213. The number of carbonyl (C=O) groups is 1. The lowest BCUT2D eigenvalue weighted by Gasteiger charge is -2.17. The van der Waals surface area contributed by atoms with Crippen molar-refractivity contribution in [3.05, 3.63) is 47.3 Å². The number of anilines is 1. The van der Waals surface area contributed by atoms with Crippen molar-refractivity contribution in [1.82, 2.24) is 15.3 Å². The molecule has 1 aliphatic rings. The Morgan fingerprint density at radius 1 is 1.15 bits per heavy atom. The molecule has 1 aromatic heterocycles. The minimum Gasteiger partial charge on any atom is -0.496 e. The number of nitrogens with one attached hydrogen (secondary N) is 2. The van der Waals surface area contributed by atoms with Crippen LogP contribution in [0.1, 0.15) is 60.3 Å². The lowest BCUT2D eigenvalue weighted by atomic mass is 10.1. The summed E-state index contributed by atoms with van der Waals surface area (Å²) in [7, 11) is 1.62. The zero-order chi connectivity index (χ0) is 19.1. The fourth-order valence-corrected chi connectivity index (χ4v) is 3.47. The molecule has 0 radical (unpaired) electrons. The molecule has 27 heavy (non-hydrogen) atoms. The maximum atomic E-state index is 12.6. The van der Waals surface area contributed by atoms with Gasteiger partial charge in [0, 0.05) is 23.8 Å². The number of benzene rings is 1. The molecule has 0 atom stereocenters. The highest BCUT2D eigenvalue weighted by atomic mass is 16.5. The van der Waals surface area contributed by atoms with E-state index in [9.17, 15) is 4.79 Å². The predicted octanol–water partition coefficient (Wildman–Crippen LogP) is 3.86. The maximum Gasteiger partial charge on any atom is 0.270 e. The van der Waals surface area contributed by atoms with E-state index in [4.69, 9.17) is 4.74 Å². The van der Waals surface area contributed by atoms with Crippen molar-refractivity contribution in [3.8, 4) is 5.75 Å². The number of carbonyl (C=O) groups excluding carboxylic acids is 1. The molecule has 2 N–H and O–H groups in total. The average molecular weight is 368 g/mol. The molecule has 3 rings (SSSR count). The second-order valence-corrected chi connectivity index (χ2v) is 7.05. The Bertz CT molecular complexity index is 771. The first kappa shape index (κ1) is 19.1. The molecule has 0 spiro atoms. The third-order valence-corrected chi connectivity index (χ3v) is 4.91. The number of hydrogen-bond donors (Lipinski definition) is 2. The zero-order valence-electron chi connectivity index (χ0n) is 16.1. The van der Waals surface area contributed by atoms with Gasteiger partial charge in [0.15, 0.2) is 0 Å². The van der Waals surface area contributed by atoms with Gasteiger partial charge in [-0.05, 0) is 31.9 Å². The van der Waals surface area contributed by atoms with E-state index in [0.29, 0.717) is 24.2 Å². The SMILES string of the molecule is COc1ccccc1CNC(=O)c1cc(C)nc(NC2CCCCCC2)n1. The topological polar surface area (TPSA) is 76.1 Å². The van der Waals surface area contributed by atoms with Crippen molar-refractivity contribution in [1.29, 1.82) is 0 Å². The van der Waals surface area contributed by atoms with E-state index in [1.165, 1.54) is 25.7 Å². The van der Waals surface area contributed by atoms with Crippen LogP contribution in [0.5, 0.6) is 5.75 Å². The Hall–Kier alpha value is -2.63. The first-order chi connectivity index (χ1) is 13.2. The largest absolute Gasteiger partial charge is 0.496 e. The lowest BCUT2D eigenvalue weighted by Crippen LogP contribution is -2.26. The number of amides is 1. The Kier molecular flexibility index (Phi) is 6.63. The molecule has 144 valence electrons. The number of aryl methyl sites for hydroxylation is 1. The summed E-state index contributed by atoms with van der Waals surface area (Å²) in [4.78, 5) is 21.5. The monoisotopic (exact) mass is 368 g/mol. The fourth-order valence-electron chi connectivity index (χ4n) is 3.47. The molecule has 1 fully saturated rings. The summed E-state index contributed by atoms with van der Waals surface area (Å²) in [6.45, 7) is 2.27. The van der Waals surface area contributed by atoms with Gasteiger partial charge in [-0.3, -0.25) is 4.79 Å². The Morgan fingerprint density at radius 3 is 2.63 bits per heavy atom. The van der Waals surface area contributed by atoms with Crippen molar-refractivity contribution in [2.24, 2.45) is 0 Å². The summed E-state index contributed by atoms with van der Waals surface area (Å²) in [5.74, 6) is 1.09. The van der Waals surface area contributed by atoms with Crippen LogP contribution >= 0.6 is 0 Å². The normalized spacial score (nSPS) is 15.0. The van der Waals surface area contributed by atoms with Gasteiger partial charge in [0.2, 0.25) is 5.95 Å². The molecule has 6 heteroatoms. The third-order valence-electron chi connectivity index (χ3n) is 4.91. The lowest BCUT2D eigenvalue weighted by molar-refractivity contribution is 0.0945. The molecular weight excluding hydrogens is 340 g/mol. The zero-order valence-corrected chi connectivity index (χ0v) is 16.1. The molecule has 2 aromatic rings. The molecule has 6 nitrogen and oxygen atoms in total. The molecule has 1 aromatic carbocycles. The molecule has 0 bridgehead atoms. The van der Waals surface area contributed by atoms with Gasteiger partial charge in [-0.15, -0.1) is 0 Å². The van der Waals surface area contributed by atoms with Crippen LogP contribution in [0.2, 0.25) is 0 Å². The summed E-state index contributed by atoms with van der Waals surface area (Å²) >= 11 is 0. The molecule has 1 aliphatic carbocycles. The number of nitrogens with zero attached hydrogens (tertiary/aromatic N) is 2. The van der Waals surface area contributed by atoms with E-state index in [0.717, 1.165) is 29.8 Å². The van der Waals surface area contributed by atoms with Crippen LogP contribution in [0.25, 0.3) is 0 Å². The second-order valence-electron chi connectivity index (χ2n) is 7.05. The van der Waals surface area contributed by atoms with Gasteiger partial charge in [-0.2, -0.15) is 0 Å². The summed E-state index contributed by atoms with van der Waals surface area (Å²) in [5, 5.41) is 6.35. The quantitative estimate of drug-likeness (QED) is 0.757. The summed E-state index contributed by atoms with van der Waals surface area (Å²) in [5.41, 5.74) is 2.09.